The van der Waals surface area contributed by atoms with E-state index in [1.54, 1.807) is 0 Å². The Hall–Kier alpha value is -17.4. The lowest BCUT2D eigenvalue weighted by Gasteiger charge is -2.14. The summed E-state index contributed by atoms with van der Waals surface area (Å²) in [6.07, 6.45) is 0. The maximum Gasteiger partial charge on any atom is 0.164 e. The van der Waals surface area contributed by atoms with Crippen LogP contribution in [0, 0.1) is 0 Å². The summed E-state index contributed by atoms with van der Waals surface area (Å²) in [4.78, 5) is 33.0. The van der Waals surface area contributed by atoms with Crippen molar-refractivity contribution in [1.82, 2.24) is 43.6 Å². The molecule has 0 saturated heterocycles. The molecule has 0 aliphatic carbocycles. The fraction of sp³-hybridized carbons (Fsp3) is 0. The first-order valence-electron chi connectivity index (χ1n) is 42.7. The normalized spacial score (nSPS) is 12.3. The van der Waals surface area contributed by atoms with Gasteiger partial charge in [-0.1, -0.05) is 224 Å². The number of furan rings is 4. The monoisotopic (exact) mass is 1620 g/mol. The van der Waals surface area contributed by atoms with Crippen LogP contribution in [0.2, 0.25) is 0 Å². The second-order valence-corrected chi connectivity index (χ2v) is 33.2. The molecule has 0 unspecified atom stereocenters. The fourth-order valence-corrected chi connectivity index (χ4v) is 20.2. The molecule has 0 N–H and O–H groups in total. The Morgan fingerprint density at radius 1 is 0.173 bits per heavy atom. The Bertz CT molecular complexity index is 9660. The van der Waals surface area contributed by atoms with E-state index in [4.69, 9.17) is 47.6 Å². The SMILES string of the molecule is c1ccc(-n2c3ccc(-c4nc(-c5ccc6ccccc6c5)nc(-c5cc(-n6c7ccccc7c7cc8ccccc8cc76)c6c(c5)oc5ccccc56)n4)cc3c3ccc(-c4cccc5c4oc4ccc(-c6nc(-c7cc(-n8c9ccccc9c9cc%10ccccc%10cc98)c8c(c7)oc7ccccc78)nc(-c7ccc8oc9ccccc9c8c7)n6)cc45)cc32)cc1. The van der Waals surface area contributed by atoms with Crippen molar-refractivity contribution in [3.63, 3.8) is 0 Å². The van der Waals surface area contributed by atoms with Gasteiger partial charge >= 0.3 is 0 Å². The Labute approximate surface area is 720 Å². The first-order chi connectivity index (χ1) is 62.9. The standard InChI is InChI=1S/C114H63N9O4/c1-2-27-77(28-3-1)121-93-48-44-72(110-115-109(71-42-41-64-21-4-5-22-65(64)51-71)117-113(118-110)75-60-97(106-84-32-13-18-39-100(84)125-104(106)62-75)122-91-36-15-10-29-79(91)87-52-66-23-6-8-25-68(66)57-95(87)122)54-86(93)81-47-43-70(59-94(81)121)78-34-20-35-83-90-56-74(46-50-103(90)127-108(78)83)112-116-111(73-45-49-102-89(55-73)82-31-12-17-38-99(82)124-102)119-114(120-112)76-61-98(107-85-33-14-19-40-101(85)126-105(107)63-76)123-92-37-16-11-30-80(92)88-53-67-24-7-9-26-69(67)58-96(88)123/h1-63H. The van der Waals surface area contributed by atoms with E-state index in [2.05, 4.69) is 335 Å². The topological polar surface area (TPSA) is 145 Å². The molecule has 0 bridgehead atoms. The summed E-state index contributed by atoms with van der Waals surface area (Å²) in [5.74, 6) is 3.04. The van der Waals surface area contributed by atoms with Crippen molar-refractivity contribution in [2.45, 2.75) is 0 Å². The lowest BCUT2D eigenvalue weighted by Crippen LogP contribution is -2.02. The van der Waals surface area contributed by atoms with Crippen LogP contribution < -0.4 is 0 Å². The molecular weight excluding hydrogens is 1560 g/mol. The van der Waals surface area contributed by atoms with Crippen LogP contribution in [0.15, 0.2) is 400 Å². The maximum absolute atomic E-state index is 7.14. The molecule has 588 valence electrons. The Kier molecular flexibility index (Phi) is 14.5. The number of aromatic nitrogens is 9. The highest BCUT2D eigenvalue weighted by atomic mass is 16.3. The third-order valence-corrected chi connectivity index (χ3v) is 26.0. The summed E-state index contributed by atoms with van der Waals surface area (Å²) >= 11 is 0. The predicted molar refractivity (Wildman–Crippen MR) is 516 cm³/mol. The fourth-order valence-electron chi connectivity index (χ4n) is 20.2. The maximum atomic E-state index is 7.14. The third-order valence-electron chi connectivity index (χ3n) is 26.0. The van der Waals surface area contributed by atoms with Gasteiger partial charge in [-0.3, -0.25) is 0 Å². The van der Waals surface area contributed by atoms with E-state index in [1.807, 2.05) is 60.7 Å². The van der Waals surface area contributed by atoms with Gasteiger partial charge in [-0.2, -0.15) is 0 Å². The minimum Gasteiger partial charge on any atom is -0.456 e. The average molecular weight is 1620 g/mol. The summed E-state index contributed by atoms with van der Waals surface area (Å²) in [5.41, 5.74) is 22.1. The molecule has 0 spiro atoms. The van der Waals surface area contributed by atoms with Crippen LogP contribution in [0.4, 0.5) is 0 Å². The zero-order chi connectivity index (χ0) is 82.8. The quantitative estimate of drug-likeness (QED) is 0.130. The van der Waals surface area contributed by atoms with Crippen molar-refractivity contribution in [2.24, 2.45) is 0 Å². The van der Waals surface area contributed by atoms with E-state index >= 15 is 0 Å². The summed E-state index contributed by atoms with van der Waals surface area (Å²) in [5, 5.41) is 21.4. The van der Waals surface area contributed by atoms with Crippen molar-refractivity contribution in [3.05, 3.63) is 382 Å². The van der Waals surface area contributed by atoms with Crippen LogP contribution in [-0.2, 0) is 0 Å². The molecule has 9 aromatic heterocycles. The van der Waals surface area contributed by atoms with E-state index in [9.17, 15) is 0 Å². The van der Waals surface area contributed by atoms with Crippen molar-refractivity contribution in [3.8, 4) is 96.5 Å². The smallest absolute Gasteiger partial charge is 0.164 e. The number of para-hydroxylation sites is 7. The van der Waals surface area contributed by atoms with E-state index < -0.39 is 0 Å². The molecule has 0 atom stereocenters. The van der Waals surface area contributed by atoms with Crippen LogP contribution in [0.25, 0.3) is 282 Å². The van der Waals surface area contributed by atoms with Gasteiger partial charge in [-0.05, 0) is 196 Å². The van der Waals surface area contributed by atoms with Gasteiger partial charge in [0.2, 0.25) is 0 Å². The highest BCUT2D eigenvalue weighted by Crippen LogP contribution is 2.48. The summed E-state index contributed by atoms with van der Waals surface area (Å²) in [6, 6.07) is 135. The van der Waals surface area contributed by atoms with Gasteiger partial charge in [0.25, 0.3) is 0 Å². The van der Waals surface area contributed by atoms with Crippen molar-refractivity contribution < 1.29 is 17.7 Å². The number of nitrogens with zero attached hydrogens (tertiary/aromatic N) is 9. The second kappa shape index (κ2) is 26.5. The van der Waals surface area contributed by atoms with E-state index in [0.717, 1.165) is 231 Å². The largest absolute Gasteiger partial charge is 0.456 e. The molecule has 0 saturated carbocycles. The van der Waals surface area contributed by atoms with Crippen LogP contribution in [-0.4, -0.2) is 43.6 Å². The molecule has 0 radical (unpaired) electrons. The Morgan fingerprint density at radius 2 is 0.543 bits per heavy atom. The number of hydrogen-bond donors (Lipinski definition) is 0. The van der Waals surface area contributed by atoms with E-state index in [-0.39, 0.29) is 0 Å². The minimum atomic E-state index is 0.477. The Morgan fingerprint density at radius 3 is 1.11 bits per heavy atom. The molecular formula is C114H63N9O4. The molecule has 0 amide bonds. The lowest BCUT2D eigenvalue weighted by molar-refractivity contribution is 0.668. The van der Waals surface area contributed by atoms with Gasteiger partial charge in [-0.15, -0.1) is 0 Å². The van der Waals surface area contributed by atoms with Crippen molar-refractivity contribution >= 4 is 185 Å². The molecule has 9 heterocycles. The summed E-state index contributed by atoms with van der Waals surface area (Å²) in [6.45, 7) is 0. The molecule has 13 nitrogen and oxygen atoms in total. The molecule has 28 rings (SSSR count). The van der Waals surface area contributed by atoms with E-state index in [0.29, 0.717) is 40.5 Å². The zero-order valence-electron chi connectivity index (χ0n) is 67.5. The molecule has 0 aliphatic heterocycles. The molecule has 0 fully saturated rings. The van der Waals surface area contributed by atoms with Gasteiger partial charge in [-0.25, -0.2) is 29.9 Å². The highest BCUT2D eigenvalue weighted by molar-refractivity contribution is 6.21. The van der Waals surface area contributed by atoms with Gasteiger partial charge in [0.15, 0.2) is 34.9 Å². The number of fused-ring (bicyclic) bond motifs is 24. The minimum absolute atomic E-state index is 0.477. The molecule has 0 aliphatic rings. The molecule has 13 heteroatoms. The van der Waals surface area contributed by atoms with Gasteiger partial charge in [0.05, 0.1) is 55.2 Å². The highest BCUT2D eigenvalue weighted by Gasteiger charge is 2.28. The number of hydrogen-bond acceptors (Lipinski definition) is 10. The first-order valence-corrected chi connectivity index (χ1v) is 42.7. The van der Waals surface area contributed by atoms with Gasteiger partial charge in [0.1, 0.15) is 44.7 Å². The van der Waals surface area contributed by atoms with Crippen LogP contribution in [0.3, 0.4) is 0 Å². The predicted octanol–water partition coefficient (Wildman–Crippen LogP) is 30.1. The summed E-state index contributed by atoms with van der Waals surface area (Å²) < 4.78 is 34.6. The van der Waals surface area contributed by atoms with Crippen molar-refractivity contribution in [1.29, 1.82) is 0 Å². The first kappa shape index (κ1) is 69.3. The third kappa shape index (κ3) is 10.6. The molecule has 127 heavy (non-hydrogen) atoms. The van der Waals surface area contributed by atoms with E-state index in [1.165, 1.54) is 10.8 Å². The molecule has 19 aromatic carbocycles. The zero-order valence-corrected chi connectivity index (χ0v) is 67.5. The van der Waals surface area contributed by atoms with Crippen LogP contribution >= 0.6 is 0 Å². The second-order valence-electron chi connectivity index (χ2n) is 33.2. The van der Waals surface area contributed by atoms with Gasteiger partial charge < -0.3 is 31.4 Å². The summed E-state index contributed by atoms with van der Waals surface area (Å²) in [7, 11) is 0. The van der Waals surface area contributed by atoms with Crippen molar-refractivity contribution in [2.75, 3.05) is 0 Å². The molecule has 28 aromatic rings. The number of benzene rings is 19. The number of rotatable bonds is 10. The van der Waals surface area contributed by atoms with Gasteiger partial charge in [0, 0.05) is 109 Å². The lowest BCUT2D eigenvalue weighted by atomic mass is 10.00. The van der Waals surface area contributed by atoms with Crippen LogP contribution in [0.1, 0.15) is 0 Å². The average Bonchev–Trinajstić information content (AvgIpc) is 1.57. The van der Waals surface area contributed by atoms with Crippen LogP contribution in [0.5, 0.6) is 0 Å². The Balaban J connectivity index is 0.599.